The lowest BCUT2D eigenvalue weighted by molar-refractivity contribution is -0.0510. The van der Waals surface area contributed by atoms with Crippen molar-refractivity contribution >= 4 is 27.8 Å². The van der Waals surface area contributed by atoms with Crippen LogP contribution in [0.5, 0.6) is 17.2 Å². The van der Waals surface area contributed by atoms with Gasteiger partial charge in [0.2, 0.25) is 0 Å². The summed E-state index contributed by atoms with van der Waals surface area (Å²) in [5.41, 5.74) is 0.871. The number of aromatic nitrogens is 1. The van der Waals surface area contributed by atoms with Crippen LogP contribution in [0, 0.1) is 5.82 Å². The van der Waals surface area contributed by atoms with Crippen molar-refractivity contribution in [1.82, 2.24) is 4.98 Å². The highest BCUT2D eigenvalue weighted by Crippen LogP contribution is 2.35. The molecule has 5 nitrogen and oxygen atoms in total. The molecule has 4 aromatic rings. The van der Waals surface area contributed by atoms with Crippen LogP contribution in [-0.4, -0.2) is 22.7 Å². The molecule has 1 N–H and O–H groups in total. The van der Waals surface area contributed by atoms with E-state index >= 15 is 0 Å². The van der Waals surface area contributed by atoms with Crippen LogP contribution < -0.4 is 9.47 Å². The first-order valence-corrected chi connectivity index (χ1v) is 8.40. The zero-order chi connectivity index (χ0) is 20.5. The second-order valence-corrected chi connectivity index (χ2v) is 6.10. The van der Waals surface area contributed by atoms with Gasteiger partial charge in [0.1, 0.15) is 11.6 Å². The Morgan fingerprint density at radius 1 is 0.966 bits per heavy atom. The number of nitrogens with zero attached hydrogens (tertiary/aromatic N) is 1. The van der Waals surface area contributed by atoms with E-state index in [0.717, 1.165) is 23.6 Å². The maximum Gasteiger partial charge on any atom is 0.387 e. The van der Waals surface area contributed by atoms with E-state index in [-0.39, 0.29) is 22.8 Å². The smallest absolute Gasteiger partial charge is 0.387 e. The first-order valence-electron chi connectivity index (χ1n) is 8.40. The molecule has 0 saturated carbocycles. The third kappa shape index (κ3) is 3.77. The van der Waals surface area contributed by atoms with Gasteiger partial charge in [-0.1, -0.05) is 18.2 Å². The topological polar surface area (TPSA) is 68.7 Å². The highest BCUT2D eigenvalue weighted by atomic mass is 19.3. The molecule has 0 saturated heterocycles. The zero-order valence-corrected chi connectivity index (χ0v) is 14.6. The van der Waals surface area contributed by atoms with Crippen LogP contribution in [-0.2, 0) is 0 Å². The van der Waals surface area contributed by atoms with Gasteiger partial charge in [0, 0.05) is 22.9 Å². The molecule has 146 valence electrons. The Hall–Kier alpha value is -3.81. The number of para-hydroxylation sites is 1. The number of fused-ring (bicyclic) bond motifs is 2. The molecular weight excluding hydrogens is 387 g/mol. The van der Waals surface area contributed by atoms with Gasteiger partial charge in [-0.15, -0.1) is 0 Å². The minimum Gasteiger partial charge on any atom is -0.478 e. The number of rotatable bonds is 5. The van der Waals surface area contributed by atoms with Crippen LogP contribution in [0.1, 0.15) is 10.4 Å². The summed E-state index contributed by atoms with van der Waals surface area (Å²) in [7, 11) is 0. The van der Waals surface area contributed by atoms with Gasteiger partial charge in [0.05, 0.1) is 16.6 Å². The number of carboxylic acid groups (broad SMARTS) is 1. The number of carbonyl (C=O) groups is 1. The highest BCUT2D eigenvalue weighted by molar-refractivity contribution is 6.06. The van der Waals surface area contributed by atoms with Crippen molar-refractivity contribution in [2.75, 3.05) is 0 Å². The Labute approximate surface area is 161 Å². The van der Waals surface area contributed by atoms with Crippen molar-refractivity contribution in [1.29, 1.82) is 0 Å². The van der Waals surface area contributed by atoms with E-state index in [1.165, 1.54) is 12.1 Å². The Balaban J connectivity index is 1.85. The highest BCUT2D eigenvalue weighted by Gasteiger charge is 2.17. The van der Waals surface area contributed by atoms with Crippen LogP contribution in [0.15, 0.2) is 60.7 Å². The quantitative estimate of drug-likeness (QED) is 0.441. The molecule has 8 heteroatoms. The normalized spacial score (nSPS) is 11.2. The summed E-state index contributed by atoms with van der Waals surface area (Å²) in [6.07, 6.45) is 0. The fraction of sp³-hybridized carbons (Fsp3) is 0.0476. The van der Waals surface area contributed by atoms with Crippen molar-refractivity contribution in [2.24, 2.45) is 0 Å². The molecule has 0 fully saturated rings. The Kier molecular flexibility index (Phi) is 4.67. The number of aromatic carboxylic acids is 1. The van der Waals surface area contributed by atoms with Gasteiger partial charge < -0.3 is 14.6 Å². The number of pyridine rings is 1. The molecule has 0 radical (unpaired) electrons. The lowest BCUT2D eigenvalue weighted by Crippen LogP contribution is -2.04. The summed E-state index contributed by atoms with van der Waals surface area (Å²) in [6, 6.07) is 14.4. The molecule has 4 rings (SSSR count). The molecule has 0 aliphatic rings. The van der Waals surface area contributed by atoms with E-state index < -0.39 is 18.4 Å². The number of hydrogen-bond acceptors (Lipinski definition) is 4. The summed E-state index contributed by atoms with van der Waals surface area (Å²) in [5, 5.41) is 10.7. The maximum atomic E-state index is 13.6. The minimum atomic E-state index is -3.14. The SMILES string of the molecule is O=C(O)c1cc(Oc2cc(F)ccc2OC(F)F)cc2nc3ccccc3cc12. The van der Waals surface area contributed by atoms with Crippen molar-refractivity contribution in [3.63, 3.8) is 0 Å². The first-order chi connectivity index (χ1) is 13.9. The molecule has 3 aromatic carbocycles. The third-order valence-electron chi connectivity index (χ3n) is 4.19. The Morgan fingerprint density at radius 2 is 1.76 bits per heavy atom. The van der Waals surface area contributed by atoms with Gasteiger partial charge in [0.15, 0.2) is 11.5 Å². The van der Waals surface area contributed by atoms with Gasteiger partial charge in [-0.3, -0.25) is 0 Å². The summed E-state index contributed by atoms with van der Waals surface area (Å²) in [6.45, 7) is -3.14. The number of halogens is 3. The van der Waals surface area contributed by atoms with Crippen molar-refractivity contribution in [3.8, 4) is 17.2 Å². The third-order valence-corrected chi connectivity index (χ3v) is 4.19. The molecule has 0 atom stereocenters. The average Bonchev–Trinajstić information content (AvgIpc) is 2.67. The van der Waals surface area contributed by atoms with E-state index in [2.05, 4.69) is 9.72 Å². The van der Waals surface area contributed by atoms with Gasteiger partial charge in [-0.25, -0.2) is 14.2 Å². The van der Waals surface area contributed by atoms with Crippen LogP contribution >= 0.6 is 0 Å². The average molecular weight is 399 g/mol. The van der Waals surface area contributed by atoms with Crippen LogP contribution in [0.3, 0.4) is 0 Å². The van der Waals surface area contributed by atoms with E-state index in [0.29, 0.717) is 16.4 Å². The molecule has 1 heterocycles. The summed E-state index contributed by atoms with van der Waals surface area (Å²) in [5.74, 6) is -2.67. The second kappa shape index (κ2) is 7.31. The van der Waals surface area contributed by atoms with Crippen molar-refractivity contribution < 1.29 is 32.5 Å². The monoisotopic (exact) mass is 399 g/mol. The van der Waals surface area contributed by atoms with E-state index in [9.17, 15) is 23.1 Å². The molecule has 0 bridgehead atoms. The lowest BCUT2D eigenvalue weighted by Gasteiger charge is -2.13. The van der Waals surface area contributed by atoms with E-state index in [1.54, 1.807) is 24.3 Å². The molecular formula is C21H12F3NO4. The largest absolute Gasteiger partial charge is 0.478 e. The Morgan fingerprint density at radius 3 is 2.52 bits per heavy atom. The van der Waals surface area contributed by atoms with Crippen LogP contribution in [0.2, 0.25) is 0 Å². The fourth-order valence-corrected chi connectivity index (χ4v) is 2.97. The van der Waals surface area contributed by atoms with Gasteiger partial charge in [-0.2, -0.15) is 8.78 Å². The summed E-state index contributed by atoms with van der Waals surface area (Å²) < 4.78 is 48.6. The van der Waals surface area contributed by atoms with Gasteiger partial charge in [-0.05, 0) is 30.3 Å². The molecule has 0 aliphatic heterocycles. The summed E-state index contributed by atoms with van der Waals surface area (Å²) >= 11 is 0. The standard InChI is InChI=1S/C21H12F3NO4/c22-12-5-6-18(29-21(23)24)19(8-12)28-13-9-15(20(26)27)14-7-11-3-1-2-4-16(11)25-17(14)10-13/h1-10,21H,(H,26,27). The molecule has 0 unspecified atom stereocenters. The predicted molar refractivity (Wildman–Crippen MR) is 99.3 cm³/mol. The Bertz CT molecular complexity index is 1240. The van der Waals surface area contributed by atoms with E-state index in [4.69, 9.17) is 4.74 Å². The zero-order valence-electron chi connectivity index (χ0n) is 14.6. The predicted octanol–water partition coefficient (Wildman–Crippen LogP) is 5.62. The van der Waals surface area contributed by atoms with Gasteiger partial charge >= 0.3 is 12.6 Å². The van der Waals surface area contributed by atoms with E-state index in [1.807, 2.05) is 6.07 Å². The number of ether oxygens (including phenoxy) is 2. The fourth-order valence-electron chi connectivity index (χ4n) is 2.97. The number of alkyl halides is 2. The number of hydrogen-bond donors (Lipinski definition) is 1. The first kappa shape index (κ1) is 18.5. The second-order valence-electron chi connectivity index (χ2n) is 6.10. The van der Waals surface area contributed by atoms with Crippen LogP contribution in [0.4, 0.5) is 13.2 Å². The van der Waals surface area contributed by atoms with Crippen molar-refractivity contribution in [3.05, 3.63) is 72.0 Å². The number of benzene rings is 3. The maximum absolute atomic E-state index is 13.6. The molecule has 0 spiro atoms. The van der Waals surface area contributed by atoms with Gasteiger partial charge in [0.25, 0.3) is 0 Å². The lowest BCUT2D eigenvalue weighted by atomic mass is 10.1. The molecule has 1 aromatic heterocycles. The number of carboxylic acids is 1. The van der Waals surface area contributed by atoms with Crippen molar-refractivity contribution in [2.45, 2.75) is 6.61 Å². The molecule has 29 heavy (non-hydrogen) atoms. The molecule has 0 amide bonds. The summed E-state index contributed by atoms with van der Waals surface area (Å²) in [4.78, 5) is 16.2. The minimum absolute atomic E-state index is 0.0117. The van der Waals surface area contributed by atoms with Crippen LogP contribution in [0.25, 0.3) is 21.8 Å². The molecule has 0 aliphatic carbocycles.